The minimum absolute atomic E-state index is 0.169. The number of rotatable bonds is 3. The summed E-state index contributed by atoms with van der Waals surface area (Å²) in [6.45, 7) is 2.04. The van der Waals surface area contributed by atoms with Gasteiger partial charge in [-0.15, -0.1) is 0 Å². The van der Waals surface area contributed by atoms with E-state index in [1.807, 2.05) is 37.3 Å². The molecule has 1 unspecified atom stereocenters. The third kappa shape index (κ3) is 2.68. The molecule has 0 saturated carbocycles. The molecule has 2 nitrogen and oxygen atoms in total. The lowest BCUT2D eigenvalue weighted by Crippen LogP contribution is -2.29. The van der Waals surface area contributed by atoms with Crippen molar-refractivity contribution in [2.45, 2.75) is 13.0 Å². The average molecular weight is 281 g/mol. The van der Waals surface area contributed by atoms with Gasteiger partial charge in [-0.1, -0.05) is 47.5 Å². The number of aryl methyl sites for hydroxylation is 1. The Morgan fingerprint density at radius 1 is 1.06 bits per heavy atom. The van der Waals surface area contributed by atoms with Crippen molar-refractivity contribution in [2.75, 3.05) is 0 Å². The van der Waals surface area contributed by atoms with Gasteiger partial charge in [0, 0.05) is 10.0 Å². The van der Waals surface area contributed by atoms with Gasteiger partial charge in [-0.25, -0.2) is 5.43 Å². The van der Waals surface area contributed by atoms with Crippen molar-refractivity contribution in [1.82, 2.24) is 5.43 Å². The van der Waals surface area contributed by atoms with Crippen LogP contribution in [-0.2, 0) is 0 Å². The molecule has 0 aliphatic carbocycles. The smallest absolute Gasteiger partial charge is 0.0727 e. The molecule has 2 aromatic carbocycles. The van der Waals surface area contributed by atoms with E-state index in [-0.39, 0.29) is 6.04 Å². The van der Waals surface area contributed by atoms with Crippen LogP contribution in [0, 0.1) is 6.92 Å². The Bertz CT molecular complexity index is 555. The van der Waals surface area contributed by atoms with Crippen LogP contribution in [0.25, 0.3) is 0 Å². The Labute approximate surface area is 117 Å². The van der Waals surface area contributed by atoms with E-state index in [9.17, 15) is 0 Å². The number of hydrazine groups is 1. The maximum atomic E-state index is 6.22. The second-order valence-corrected chi connectivity index (χ2v) is 4.97. The average Bonchev–Trinajstić information content (AvgIpc) is 2.36. The first-order chi connectivity index (χ1) is 8.63. The minimum Gasteiger partial charge on any atom is -0.271 e. The van der Waals surface area contributed by atoms with Crippen LogP contribution in [0.2, 0.25) is 10.0 Å². The SMILES string of the molecule is Cc1ccccc1C(NN)c1cc(Cl)ccc1Cl. The normalized spacial score (nSPS) is 12.4. The van der Waals surface area contributed by atoms with Gasteiger partial charge < -0.3 is 0 Å². The molecule has 0 radical (unpaired) electrons. The monoisotopic (exact) mass is 280 g/mol. The summed E-state index contributed by atoms with van der Waals surface area (Å²) in [5, 5.41) is 1.29. The third-order valence-electron chi connectivity index (χ3n) is 2.94. The molecule has 4 heteroatoms. The molecule has 18 heavy (non-hydrogen) atoms. The number of hydrogen-bond donors (Lipinski definition) is 2. The molecule has 94 valence electrons. The van der Waals surface area contributed by atoms with Crippen LogP contribution in [-0.4, -0.2) is 0 Å². The highest BCUT2D eigenvalue weighted by molar-refractivity contribution is 6.33. The zero-order chi connectivity index (χ0) is 13.1. The van der Waals surface area contributed by atoms with Crippen LogP contribution < -0.4 is 11.3 Å². The number of hydrogen-bond acceptors (Lipinski definition) is 2. The summed E-state index contributed by atoms with van der Waals surface area (Å²) in [5.41, 5.74) is 5.91. The van der Waals surface area contributed by atoms with Gasteiger partial charge in [0.1, 0.15) is 0 Å². The van der Waals surface area contributed by atoms with Crippen LogP contribution in [0.15, 0.2) is 42.5 Å². The first-order valence-electron chi connectivity index (χ1n) is 5.60. The van der Waals surface area contributed by atoms with E-state index < -0.39 is 0 Å². The second-order valence-electron chi connectivity index (χ2n) is 4.12. The Hall–Kier alpha value is -1.06. The number of nitrogens with two attached hydrogens (primary N) is 1. The summed E-state index contributed by atoms with van der Waals surface area (Å²) in [7, 11) is 0. The standard InChI is InChI=1S/C14H14Cl2N2/c1-9-4-2-3-5-11(9)14(18-17)12-8-10(15)6-7-13(12)16/h2-8,14,18H,17H2,1H3. The highest BCUT2D eigenvalue weighted by atomic mass is 35.5. The van der Waals surface area contributed by atoms with Crippen LogP contribution in [0.1, 0.15) is 22.7 Å². The molecule has 1 atom stereocenters. The van der Waals surface area contributed by atoms with E-state index in [1.165, 1.54) is 0 Å². The first-order valence-corrected chi connectivity index (χ1v) is 6.35. The zero-order valence-electron chi connectivity index (χ0n) is 9.95. The Morgan fingerprint density at radius 3 is 2.44 bits per heavy atom. The lowest BCUT2D eigenvalue weighted by Gasteiger charge is -2.20. The van der Waals surface area contributed by atoms with Crippen molar-refractivity contribution in [3.05, 3.63) is 69.2 Å². The van der Waals surface area contributed by atoms with Gasteiger partial charge in [-0.3, -0.25) is 5.84 Å². The van der Waals surface area contributed by atoms with Crippen molar-refractivity contribution in [3.8, 4) is 0 Å². The maximum absolute atomic E-state index is 6.22. The van der Waals surface area contributed by atoms with Gasteiger partial charge in [0.2, 0.25) is 0 Å². The number of benzene rings is 2. The predicted octanol–water partition coefficient (Wildman–Crippen LogP) is 3.85. The van der Waals surface area contributed by atoms with Gasteiger partial charge in [-0.05, 0) is 41.8 Å². The fourth-order valence-electron chi connectivity index (χ4n) is 1.99. The highest BCUT2D eigenvalue weighted by Crippen LogP contribution is 2.31. The highest BCUT2D eigenvalue weighted by Gasteiger charge is 2.17. The van der Waals surface area contributed by atoms with E-state index in [0.29, 0.717) is 10.0 Å². The van der Waals surface area contributed by atoms with Gasteiger partial charge in [0.25, 0.3) is 0 Å². The Kier molecular flexibility index (Phi) is 4.25. The van der Waals surface area contributed by atoms with Crippen molar-refractivity contribution in [3.63, 3.8) is 0 Å². The summed E-state index contributed by atoms with van der Waals surface area (Å²) in [6.07, 6.45) is 0. The van der Waals surface area contributed by atoms with E-state index >= 15 is 0 Å². The molecule has 0 aromatic heterocycles. The molecule has 0 bridgehead atoms. The number of nitrogens with one attached hydrogen (secondary N) is 1. The van der Waals surface area contributed by atoms with Crippen molar-refractivity contribution in [2.24, 2.45) is 5.84 Å². The third-order valence-corrected chi connectivity index (χ3v) is 3.51. The topological polar surface area (TPSA) is 38.0 Å². The van der Waals surface area contributed by atoms with E-state index in [4.69, 9.17) is 29.0 Å². The van der Waals surface area contributed by atoms with Crippen LogP contribution in [0.5, 0.6) is 0 Å². The fourth-order valence-corrected chi connectivity index (χ4v) is 2.40. The zero-order valence-corrected chi connectivity index (χ0v) is 11.5. The Balaban J connectivity index is 2.52. The largest absolute Gasteiger partial charge is 0.271 e. The molecule has 3 N–H and O–H groups in total. The fraction of sp³-hybridized carbons (Fsp3) is 0.143. The Morgan fingerprint density at radius 2 is 1.78 bits per heavy atom. The lowest BCUT2D eigenvalue weighted by molar-refractivity contribution is 0.634. The molecule has 2 aromatic rings. The molecular weight excluding hydrogens is 267 g/mol. The predicted molar refractivity (Wildman–Crippen MR) is 76.8 cm³/mol. The summed E-state index contributed by atoms with van der Waals surface area (Å²) >= 11 is 12.2. The van der Waals surface area contributed by atoms with Crippen molar-refractivity contribution < 1.29 is 0 Å². The summed E-state index contributed by atoms with van der Waals surface area (Å²) in [6, 6.07) is 13.2. The minimum atomic E-state index is -0.169. The quantitative estimate of drug-likeness (QED) is 0.662. The van der Waals surface area contributed by atoms with Crippen LogP contribution in [0.4, 0.5) is 0 Å². The van der Waals surface area contributed by atoms with Crippen molar-refractivity contribution in [1.29, 1.82) is 0 Å². The second kappa shape index (κ2) is 5.72. The van der Waals surface area contributed by atoms with Crippen molar-refractivity contribution >= 4 is 23.2 Å². The molecule has 0 spiro atoms. The van der Waals surface area contributed by atoms with Gasteiger partial charge >= 0.3 is 0 Å². The van der Waals surface area contributed by atoms with Gasteiger partial charge in [-0.2, -0.15) is 0 Å². The summed E-state index contributed by atoms with van der Waals surface area (Å²) < 4.78 is 0. The molecular formula is C14H14Cl2N2. The molecule has 0 aliphatic rings. The number of halogens is 2. The van der Waals surface area contributed by atoms with E-state index in [1.54, 1.807) is 12.1 Å². The van der Waals surface area contributed by atoms with Gasteiger partial charge in [0.15, 0.2) is 0 Å². The molecule has 2 rings (SSSR count). The summed E-state index contributed by atoms with van der Waals surface area (Å²) in [5.74, 6) is 5.67. The van der Waals surface area contributed by atoms with E-state index in [2.05, 4.69) is 5.43 Å². The molecule has 0 aliphatic heterocycles. The van der Waals surface area contributed by atoms with Gasteiger partial charge in [0.05, 0.1) is 6.04 Å². The lowest BCUT2D eigenvalue weighted by atomic mass is 9.95. The molecule has 0 heterocycles. The summed E-state index contributed by atoms with van der Waals surface area (Å²) in [4.78, 5) is 0. The molecule has 0 fully saturated rings. The van der Waals surface area contributed by atoms with E-state index in [0.717, 1.165) is 16.7 Å². The van der Waals surface area contributed by atoms with Crippen LogP contribution in [0.3, 0.4) is 0 Å². The molecule has 0 saturated heterocycles. The van der Waals surface area contributed by atoms with Crippen LogP contribution >= 0.6 is 23.2 Å². The first kappa shape index (κ1) is 13.4. The maximum Gasteiger partial charge on any atom is 0.0727 e. The molecule has 0 amide bonds.